The number of amides is 1. The fourth-order valence-electron chi connectivity index (χ4n) is 2.40. The number of benzene rings is 1. The summed E-state index contributed by atoms with van der Waals surface area (Å²) in [6.45, 7) is 0.758. The van der Waals surface area contributed by atoms with Gasteiger partial charge in [0.1, 0.15) is 5.76 Å². The Balaban J connectivity index is 1.73. The monoisotopic (exact) mass is 358 g/mol. The summed E-state index contributed by atoms with van der Waals surface area (Å²) < 4.78 is 15.8. The highest BCUT2D eigenvalue weighted by Gasteiger charge is 2.18. The maximum absolute atomic E-state index is 12.5. The topological polar surface area (TPSA) is 75.7 Å². The number of carbonyl (C=O) groups is 1. The van der Waals surface area contributed by atoms with Crippen molar-refractivity contribution in [3.8, 4) is 17.6 Å². The molecule has 0 aliphatic carbocycles. The van der Waals surface area contributed by atoms with Gasteiger partial charge >= 0.3 is 0 Å². The molecule has 1 aliphatic heterocycles. The molecule has 0 fully saturated rings. The summed E-state index contributed by atoms with van der Waals surface area (Å²) in [6, 6.07) is 9.04. The molecule has 0 N–H and O–H groups in total. The van der Waals surface area contributed by atoms with E-state index >= 15 is 0 Å². The summed E-state index contributed by atoms with van der Waals surface area (Å²) in [7, 11) is 0. The first-order chi connectivity index (χ1) is 12.2. The maximum atomic E-state index is 12.5. The van der Waals surface area contributed by atoms with Gasteiger partial charge in [0.05, 0.1) is 30.3 Å². The molecule has 0 radical (unpaired) electrons. The van der Waals surface area contributed by atoms with Gasteiger partial charge in [-0.3, -0.25) is 4.79 Å². The Morgan fingerprint density at radius 1 is 1.40 bits per heavy atom. The largest absolute Gasteiger partial charge is 0.467 e. The lowest BCUT2D eigenvalue weighted by Crippen LogP contribution is -2.29. The number of hydrogen-bond donors (Lipinski definition) is 0. The number of nitrogens with zero attached hydrogens (tertiary/aromatic N) is 2. The van der Waals surface area contributed by atoms with Crippen LogP contribution in [0.25, 0.3) is 6.08 Å². The van der Waals surface area contributed by atoms with Crippen molar-refractivity contribution < 1.29 is 18.7 Å². The summed E-state index contributed by atoms with van der Waals surface area (Å²) in [4.78, 5) is 14.0. The maximum Gasteiger partial charge on any atom is 0.247 e. The van der Waals surface area contributed by atoms with Crippen LogP contribution in [0.2, 0.25) is 5.02 Å². The van der Waals surface area contributed by atoms with Crippen LogP contribution >= 0.6 is 11.6 Å². The second-order valence-corrected chi connectivity index (χ2v) is 5.72. The molecule has 0 unspecified atom stereocenters. The molecule has 0 atom stereocenters. The number of hydrogen-bond acceptors (Lipinski definition) is 5. The molecule has 1 aromatic heterocycles. The SMILES string of the molecule is N#CCCN(Cc1ccco1)C(=O)/C=C/c1cc(Cl)c2c(c1)OCO2. The molecular weight excluding hydrogens is 344 g/mol. The number of ether oxygens (including phenoxy) is 2. The molecule has 6 nitrogen and oxygen atoms in total. The number of nitriles is 1. The van der Waals surface area contributed by atoms with Crippen LogP contribution in [0.5, 0.6) is 11.5 Å². The number of furan rings is 1. The van der Waals surface area contributed by atoms with E-state index in [1.54, 1.807) is 41.5 Å². The van der Waals surface area contributed by atoms with Crippen LogP contribution in [-0.4, -0.2) is 24.1 Å². The number of rotatable bonds is 6. The van der Waals surface area contributed by atoms with Crippen molar-refractivity contribution >= 4 is 23.6 Å². The molecule has 7 heteroatoms. The van der Waals surface area contributed by atoms with E-state index in [1.165, 1.54) is 6.08 Å². The van der Waals surface area contributed by atoms with Crippen LogP contribution in [0.1, 0.15) is 17.7 Å². The van der Waals surface area contributed by atoms with Gasteiger partial charge in [-0.15, -0.1) is 0 Å². The summed E-state index contributed by atoms with van der Waals surface area (Å²) in [5.41, 5.74) is 0.723. The molecule has 25 heavy (non-hydrogen) atoms. The lowest BCUT2D eigenvalue weighted by Gasteiger charge is -2.18. The Morgan fingerprint density at radius 3 is 3.04 bits per heavy atom. The molecule has 2 heterocycles. The third kappa shape index (κ3) is 4.14. The zero-order chi connectivity index (χ0) is 17.6. The van der Waals surface area contributed by atoms with E-state index in [4.69, 9.17) is 30.8 Å². The van der Waals surface area contributed by atoms with Gasteiger partial charge < -0.3 is 18.8 Å². The molecule has 1 aliphatic rings. The smallest absolute Gasteiger partial charge is 0.247 e. The van der Waals surface area contributed by atoms with Gasteiger partial charge in [-0.2, -0.15) is 5.26 Å². The minimum atomic E-state index is -0.222. The molecule has 1 amide bonds. The van der Waals surface area contributed by atoms with Crippen molar-refractivity contribution in [3.63, 3.8) is 0 Å². The third-order valence-electron chi connectivity index (χ3n) is 3.60. The highest BCUT2D eigenvalue weighted by atomic mass is 35.5. The van der Waals surface area contributed by atoms with Crippen LogP contribution in [-0.2, 0) is 11.3 Å². The lowest BCUT2D eigenvalue weighted by atomic mass is 10.2. The van der Waals surface area contributed by atoms with Crippen LogP contribution in [0.4, 0.5) is 0 Å². The standard InChI is InChI=1S/C18H15ClN2O4/c19-15-9-13(10-16-18(15)25-12-24-16)4-5-17(22)21(7-2-6-20)11-14-3-1-8-23-14/h1,3-5,8-10H,2,7,11-12H2/b5-4+. The van der Waals surface area contributed by atoms with Crippen LogP contribution in [0.15, 0.2) is 41.0 Å². The van der Waals surface area contributed by atoms with Gasteiger partial charge in [0.2, 0.25) is 12.7 Å². The van der Waals surface area contributed by atoms with E-state index in [9.17, 15) is 4.79 Å². The first-order valence-corrected chi connectivity index (χ1v) is 8.00. The van der Waals surface area contributed by atoms with E-state index in [2.05, 4.69) is 0 Å². The molecule has 1 aromatic carbocycles. The summed E-state index contributed by atoms with van der Waals surface area (Å²) in [5.74, 6) is 1.50. The van der Waals surface area contributed by atoms with Gasteiger partial charge in [0.15, 0.2) is 11.5 Å². The van der Waals surface area contributed by atoms with Gasteiger partial charge in [-0.05, 0) is 35.9 Å². The first-order valence-electron chi connectivity index (χ1n) is 7.63. The van der Waals surface area contributed by atoms with Crippen molar-refractivity contribution in [1.29, 1.82) is 5.26 Å². The average Bonchev–Trinajstić information content (AvgIpc) is 3.28. The Kier molecular flexibility index (Phi) is 5.26. The Hall–Kier alpha value is -2.91. The normalized spacial score (nSPS) is 12.3. The van der Waals surface area contributed by atoms with Crippen molar-refractivity contribution in [3.05, 3.63) is 53.0 Å². The Bertz CT molecular complexity index is 824. The van der Waals surface area contributed by atoms with Gasteiger partial charge in [0, 0.05) is 12.6 Å². The van der Waals surface area contributed by atoms with E-state index in [-0.39, 0.29) is 19.1 Å². The lowest BCUT2D eigenvalue weighted by molar-refractivity contribution is -0.126. The van der Waals surface area contributed by atoms with Crippen molar-refractivity contribution in [1.82, 2.24) is 4.90 Å². The summed E-state index contributed by atoms with van der Waals surface area (Å²) in [6.07, 6.45) is 4.88. The fraction of sp³-hybridized carbons (Fsp3) is 0.222. The number of fused-ring (bicyclic) bond motifs is 1. The Morgan fingerprint density at radius 2 is 2.28 bits per heavy atom. The minimum absolute atomic E-state index is 0.131. The minimum Gasteiger partial charge on any atom is -0.467 e. The predicted molar refractivity (Wildman–Crippen MR) is 91.0 cm³/mol. The Labute approximate surface area is 149 Å². The van der Waals surface area contributed by atoms with E-state index in [1.807, 2.05) is 6.07 Å². The predicted octanol–water partition coefficient (Wildman–Crippen LogP) is 3.62. The first kappa shape index (κ1) is 16.9. The summed E-state index contributed by atoms with van der Waals surface area (Å²) in [5, 5.41) is 9.21. The highest BCUT2D eigenvalue weighted by molar-refractivity contribution is 6.32. The zero-order valence-corrected chi connectivity index (χ0v) is 14.0. The van der Waals surface area contributed by atoms with Crippen LogP contribution in [0.3, 0.4) is 0 Å². The number of halogens is 1. The van der Waals surface area contributed by atoms with E-state index < -0.39 is 0 Å². The van der Waals surface area contributed by atoms with Gasteiger partial charge in [-0.25, -0.2) is 0 Å². The van der Waals surface area contributed by atoms with Crippen molar-refractivity contribution in [2.45, 2.75) is 13.0 Å². The third-order valence-corrected chi connectivity index (χ3v) is 3.88. The molecular formula is C18H15ClN2O4. The van der Waals surface area contributed by atoms with Crippen molar-refractivity contribution in [2.24, 2.45) is 0 Å². The van der Waals surface area contributed by atoms with E-state index in [0.717, 1.165) is 5.56 Å². The van der Waals surface area contributed by atoms with Crippen LogP contribution < -0.4 is 9.47 Å². The quantitative estimate of drug-likeness (QED) is 0.737. The molecule has 0 saturated carbocycles. The summed E-state index contributed by atoms with van der Waals surface area (Å²) >= 11 is 6.13. The molecule has 3 rings (SSSR count). The fourth-order valence-corrected chi connectivity index (χ4v) is 2.67. The molecule has 128 valence electrons. The van der Waals surface area contributed by atoms with E-state index in [0.29, 0.717) is 35.4 Å². The van der Waals surface area contributed by atoms with Gasteiger partial charge in [0.25, 0.3) is 0 Å². The second-order valence-electron chi connectivity index (χ2n) is 5.32. The average molecular weight is 359 g/mol. The van der Waals surface area contributed by atoms with Crippen LogP contribution in [0, 0.1) is 11.3 Å². The zero-order valence-electron chi connectivity index (χ0n) is 13.3. The second kappa shape index (κ2) is 7.77. The molecule has 0 spiro atoms. The van der Waals surface area contributed by atoms with Crippen molar-refractivity contribution in [2.75, 3.05) is 13.3 Å². The number of carbonyl (C=O) groups excluding carboxylic acids is 1. The molecule has 2 aromatic rings. The van der Waals surface area contributed by atoms with Gasteiger partial charge in [-0.1, -0.05) is 11.6 Å². The molecule has 0 bridgehead atoms. The molecule has 0 saturated heterocycles. The highest BCUT2D eigenvalue weighted by Crippen LogP contribution is 2.40.